The van der Waals surface area contributed by atoms with Gasteiger partial charge in [0.05, 0.1) is 18.8 Å². The van der Waals surface area contributed by atoms with Crippen LogP contribution in [0.1, 0.15) is 174 Å². The molecule has 4 nitrogen and oxygen atoms in total. The zero-order chi connectivity index (χ0) is 34.3. The van der Waals surface area contributed by atoms with Gasteiger partial charge in [0.2, 0.25) is 5.91 Å². The zero-order valence-corrected chi connectivity index (χ0v) is 30.8. The molecule has 3 N–H and O–H groups in total. The van der Waals surface area contributed by atoms with Gasteiger partial charge in [0.25, 0.3) is 0 Å². The van der Waals surface area contributed by atoms with Gasteiger partial charge in [-0.15, -0.1) is 0 Å². The highest BCUT2D eigenvalue weighted by atomic mass is 16.3. The number of unbranched alkanes of at least 4 members (excludes halogenated alkanes) is 17. The van der Waals surface area contributed by atoms with Gasteiger partial charge >= 0.3 is 0 Å². The minimum absolute atomic E-state index is 0.123. The Morgan fingerprint density at radius 1 is 0.532 bits per heavy atom. The summed E-state index contributed by atoms with van der Waals surface area (Å²) < 4.78 is 0. The first kappa shape index (κ1) is 44.8. The maximum Gasteiger partial charge on any atom is 0.220 e. The van der Waals surface area contributed by atoms with Gasteiger partial charge in [0.1, 0.15) is 0 Å². The molecule has 0 aromatic rings. The average molecular weight is 654 g/mol. The van der Waals surface area contributed by atoms with Crippen LogP contribution in [-0.4, -0.2) is 34.9 Å². The number of rotatable bonds is 34. The predicted octanol–water partition coefficient (Wildman–Crippen LogP) is 12.0. The molecule has 0 aliphatic heterocycles. The highest BCUT2D eigenvalue weighted by molar-refractivity contribution is 5.76. The molecule has 0 bridgehead atoms. The SMILES string of the molecule is CC/C=C\C/C=C\C/C=C\C/C=C\C/C=C\CCCC(=O)NC(CO)C(O)/C=C/CCCCCCCCCCCCCCCCCC. The second kappa shape index (κ2) is 38.3. The Morgan fingerprint density at radius 3 is 1.38 bits per heavy atom. The second-order valence-electron chi connectivity index (χ2n) is 13.0. The lowest BCUT2D eigenvalue weighted by molar-refractivity contribution is -0.122. The molecule has 0 saturated carbocycles. The van der Waals surface area contributed by atoms with Crippen molar-refractivity contribution in [3.63, 3.8) is 0 Å². The molecule has 2 unspecified atom stereocenters. The monoisotopic (exact) mass is 654 g/mol. The standard InChI is InChI=1S/C43H75NO3/c1-3-5-7-9-11-13-15-17-19-21-23-24-26-28-30-32-34-36-38-42(46)41(40-45)44-43(47)39-37-35-33-31-29-27-25-22-20-18-16-14-12-10-8-6-4-2/h6,8,12,14,18,20,25,27,31,33,36,38,41-42,45-46H,3-5,7,9-11,13,15-17,19,21-24,26,28-30,32,34-35,37,39-40H2,1-2H3,(H,44,47)/b8-6-,14-12-,20-18-,27-25-,33-31-,38-36+. The number of amides is 1. The van der Waals surface area contributed by atoms with E-state index in [4.69, 9.17) is 0 Å². The van der Waals surface area contributed by atoms with Crippen molar-refractivity contribution in [3.05, 3.63) is 72.9 Å². The van der Waals surface area contributed by atoms with Crippen molar-refractivity contribution in [2.24, 2.45) is 0 Å². The summed E-state index contributed by atoms with van der Waals surface area (Å²) in [7, 11) is 0. The maximum atomic E-state index is 12.3. The molecule has 0 saturated heterocycles. The molecule has 2 atom stereocenters. The van der Waals surface area contributed by atoms with Gasteiger partial charge in [-0.25, -0.2) is 0 Å². The van der Waals surface area contributed by atoms with E-state index in [-0.39, 0.29) is 12.5 Å². The van der Waals surface area contributed by atoms with Gasteiger partial charge < -0.3 is 15.5 Å². The molecule has 0 fully saturated rings. The van der Waals surface area contributed by atoms with E-state index in [1.54, 1.807) is 6.08 Å². The normalized spacial score (nSPS) is 13.9. The van der Waals surface area contributed by atoms with Crippen LogP contribution in [0.5, 0.6) is 0 Å². The smallest absolute Gasteiger partial charge is 0.220 e. The van der Waals surface area contributed by atoms with E-state index in [0.717, 1.165) is 57.8 Å². The molecule has 0 aromatic carbocycles. The van der Waals surface area contributed by atoms with Gasteiger partial charge in [0, 0.05) is 6.42 Å². The first-order valence-electron chi connectivity index (χ1n) is 19.7. The number of hydrogen-bond acceptors (Lipinski definition) is 3. The van der Waals surface area contributed by atoms with E-state index >= 15 is 0 Å². The lowest BCUT2D eigenvalue weighted by atomic mass is 10.0. The topological polar surface area (TPSA) is 69.6 Å². The molecule has 1 amide bonds. The number of hydrogen-bond donors (Lipinski definition) is 3. The molecular weight excluding hydrogens is 578 g/mol. The summed E-state index contributed by atoms with van der Waals surface area (Å²) in [6.45, 7) is 4.16. The van der Waals surface area contributed by atoms with Crippen molar-refractivity contribution in [2.75, 3.05) is 6.61 Å². The van der Waals surface area contributed by atoms with Crippen LogP contribution >= 0.6 is 0 Å². The van der Waals surface area contributed by atoms with Crippen molar-refractivity contribution in [2.45, 2.75) is 187 Å². The molecule has 4 heteroatoms. The van der Waals surface area contributed by atoms with Crippen molar-refractivity contribution in [1.29, 1.82) is 0 Å². The molecule has 0 heterocycles. The minimum atomic E-state index is -0.865. The van der Waals surface area contributed by atoms with Crippen LogP contribution in [0.15, 0.2) is 72.9 Å². The molecule has 0 aliphatic carbocycles. The van der Waals surface area contributed by atoms with Crippen LogP contribution in [0.3, 0.4) is 0 Å². The molecule has 0 rings (SSSR count). The van der Waals surface area contributed by atoms with Crippen molar-refractivity contribution in [3.8, 4) is 0 Å². The fourth-order valence-electron chi connectivity index (χ4n) is 5.45. The Morgan fingerprint density at radius 2 is 0.936 bits per heavy atom. The molecule has 0 aliphatic rings. The highest BCUT2D eigenvalue weighted by Gasteiger charge is 2.17. The summed E-state index contributed by atoms with van der Waals surface area (Å²) in [4.78, 5) is 12.3. The summed E-state index contributed by atoms with van der Waals surface area (Å²) in [5, 5.41) is 22.9. The van der Waals surface area contributed by atoms with E-state index in [9.17, 15) is 15.0 Å². The van der Waals surface area contributed by atoms with E-state index in [1.807, 2.05) is 6.08 Å². The number of nitrogens with one attached hydrogen (secondary N) is 1. The molecule has 270 valence electrons. The number of aliphatic hydroxyl groups is 2. The number of carbonyl (C=O) groups is 1. The van der Waals surface area contributed by atoms with Gasteiger partial charge in [0.15, 0.2) is 0 Å². The Bertz CT molecular complexity index is 838. The Labute approximate surface area is 291 Å². The van der Waals surface area contributed by atoms with Gasteiger partial charge in [-0.05, 0) is 57.8 Å². The van der Waals surface area contributed by atoms with Crippen molar-refractivity contribution in [1.82, 2.24) is 5.32 Å². The highest BCUT2D eigenvalue weighted by Crippen LogP contribution is 2.14. The van der Waals surface area contributed by atoms with Crippen LogP contribution < -0.4 is 5.32 Å². The lowest BCUT2D eigenvalue weighted by Crippen LogP contribution is -2.45. The van der Waals surface area contributed by atoms with Gasteiger partial charge in [-0.3, -0.25) is 4.79 Å². The van der Waals surface area contributed by atoms with Crippen LogP contribution in [0.4, 0.5) is 0 Å². The zero-order valence-electron chi connectivity index (χ0n) is 30.8. The summed E-state index contributed by atoms with van der Waals surface area (Å²) >= 11 is 0. The van der Waals surface area contributed by atoms with Crippen LogP contribution in [-0.2, 0) is 4.79 Å². The van der Waals surface area contributed by atoms with Crippen LogP contribution in [0, 0.1) is 0 Å². The molecule has 47 heavy (non-hydrogen) atoms. The minimum Gasteiger partial charge on any atom is -0.394 e. The number of allylic oxidation sites excluding steroid dienone is 11. The largest absolute Gasteiger partial charge is 0.394 e. The first-order chi connectivity index (χ1) is 23.2. The summed E-state index contributed by atoms with van der Waals surface area (Å²) in [5.74, 6) is -0.123. The van der Waals surface area contributed by atoms with Crippen molar-refractivity contribution >= 4 is 5.91 Å². The summed E-state index contributed by atoms with van der Waals surface area (Å²) in [6, 6.07) is -0.654. The third-order valence-electron chi connectivity index (χ3n) is 8.45. The quantitative estimate of drug-likeness (QED) is 0.0478. The molecule has 0 spiro atoms. The molecular formula is C43H75NO3. The number of aliphatic hydroxyl groups excluding tert-OH is 2. The van der Waals surface area contributed by atoms with Crippen LogP contribution in [0.2, 0.25) is 0 Å². The van der Waals surface area contributed by atoms with Crippen LogP contribution in [0.25, 0.3) is 0 Å². The van der Waals surface area contributed by atoms with E-state index < -0.39 is 12.1 Å². The van der Waals surface area contributed by atoms with Gasteiger partial charge in [-0.1, -0.05) is 183 Å². The van der Waals surface area contributed by atoms with E-state index in [2.05, 4.69) is 79.9 Å². The van der Waals surface area contributed by atoms with Gasteiger partial charge in [-0.2, -0.15) is 0 Å². The maximum absolute atomic E-state index is 12.3. The third kappa shape index (κ3) is 35.0. The third-order valence-corrected chi connectivity index (χ3v) is 8.45. The van der Waals surface area contributed by atoms with Crippen molar-refractivity contribution < 1.29 is 15.0 Å². The Balaban J connectivity index is 3.73. The van der Waals surface area contributed by atoms with E-state index in [0.29, 0.717) is 6.42 Å². The summed E-state index contributed by atoms with van der Waals surface area (Å²) in [6.07, 6.45) is 54.2. The average Bonchev–Trinajstić information content (AvgIpc) is 3.07. The second-order valence-corrected chi connectivity index (χ2v) is 13.0. The Kier molecular flexibility index (Phi) is 36.5. The fraction of sp³-hybridized carbons (Fsp3) is 0.698. The number of carbonyl (C=O) groups excluding carboxylic acids is 1. The first-order valence-corrected chi connectivity index (χ1v) is 19.7. The molecule has 0 aromatic heterocycles. The Hall–Kier alpha value is -2.17. The summed E-state index contributed by atoms with van der Waals surface area (Å²) in [5.41, 5.74) is 0. The van der Waals surface area contributed by atoms with E-state index in [1.165, 1.54) is 96.3 Å². The predicted molar refractivity (Wildman–Crippen MR) is 207 cm³/mol. The lowest BCUT2D eigenvalue weighted by Gasteiger charge is -2.19. The fourth-order valence-corrected chi connectivity index (χ4v) is 5.45. The molecule has 0 radical (unpaired) electrons.